The van der Waals surface area contributed by atoms with Crippen molar-refractivity contribution in [1.82, 2.24) is 9.36 Å². The summed E-state index contributed by atoms with van der Waals surface area (Å²) in [5.74, 6) is 0.148. The van der Waals surface area contributed by atoms with Crippen molar-refractivity contribution in [2.45, 2.75) is 25.8 Å². The molecule has 0 aliphatic carbocycles. The first-order chi connectivity index (χ1) is 17.2. The Labute approximate surface area is 209 Å². The fraction of sp³-hybridized carbons (Fsp3) is 0.348. The number of anilines is 2. The van der Waals surface area contributed by atoms with Crippen LogP contribution in [0.25, 0.3) is 0 Å². The van der Waals surface area contributed by atoms with E-state index in [0.717, 1.165) is 11.6 Å². The molecule has 0 radical (unpaired) electrons. The van der Waals surface area contributed by atoms with Gasteiger partial charge in [-0.3, -0.25) is 9.48 Å². The molecule has 2 heterocycles. The van der Waals surface area contributed by atoms with E-state index >= 15 is 0 Å². The molecule has 1 unspecified atom stereocenters. The third kappa shape index (κ3) is 5.89. The predicted molar refractivity (Wildman–Crippen MR) is 126 cm³/mol. The number of rotatable bonds is 10. The average molecular weight is 529 g/mol. The van der Waals surface area contributed by atoms with E-state index in [1.165, 1.54) is 22.9 Å². The van der Waals surface area contributed by atoms with Crippen LogP contribution < -0.4 is 25.2 Å². The molecule has 1 aliphatic rings. The molecule has 13 heteroatoms. The molecule has 36 heavy (non-hydrogen) atoms. The van der Waals surface area contributed by atoms with Gasteiger partial charge in [-0.2, -0.15) is 0 Å². The molecule has 1 atom stereocenters. The minimum atomic E-state index is -4.84. The van der Waals surface area contributed by atoms with Crippen LogP contribution in [0.1, 0.15) is 5.56 Å². The second-order valence-corrected chi connectivity index (χ2v) is 8.32. The number of aliphatic hydroxyl groups excluding tert-OH is 1. The van der Waals surface area contributed by atoms with Crippen LogP contribution >= 0.6 is 11.6 Å². The quantitative estimate of drug-likeness (QED) is 0.389. The van der Waals surface area contributed by atoms with Crippen molar-refractivity contribution < 1.29 is 32.5 Å². The number of hydrogen-bond donors (Lipinski definition) is 2. The Morgan fingerprint density at radius 2 is 1.86 bits per heavy atom. The van der Waals surface area contributed by atoms with E-state index in [2.05, 4.69) is 10.1 Å². The number of fused-ring (bicyclic) bond motifs is 1. The Hall–Kier alpha value is -3.35. The molecule has 9 nitrogen and oxygen atoms in total. The number of aromatic nitrogens is 2. The number of aliphatic hydroxyl groups is 1. The second-order valence-electron chi connectivity index (χ2n) is 7.88. The van der Waals surface area contributed by atoms with Gasteiger partial charge >= 0.3 is 6.36 Å². The summed E-state index contributed by atoms with van der Waals surface area (Å²) >= 11 is 6.14. The molecule has 194 valence electrons. The number of benzene rings is 2. The SMILES string of the molecule is Cn1c2c(c(=O)n1CCOCCO)N(Cc1cccc(Cl)c1)C(Oc1cccc(OC(F)(F)F)c1)N2. The summed E-state index contributed by atoms with van der Waals surface area (Å²) in [5, 5.41) is 12.5. The van der Waals surface area contributed by atoms with Crippen molar-refractivity contribution in [3.8, 4) is 11.5 Å². The lowest BCUT2D eigenvalue weighted by atomic mass is 10.2. The molecule has 1 aliphatic heterocycles. The summed E-state index contributed by atoms with van der Waals surface area (Å²) in [6.07, 6.45) is -5.75. The molecular formula is C23H24ClF3N4O5. The maximum Gasteiger partial charge on any atom is 0.573 e. The van der Waals surface area contributed by atoms with Crippen LogP contribution in [0, 0.1) is 0 Å². The summed E-state index contributed by atoms with van der Waals surface area (Å²) in [6.45, 7) is 0.728. The third-order valence-electron chi connectivity index (χ3n) is 5.39. The minimum absolute atomic E-state index is 0.107. The molecule has 2 aromatic carbocycles. The zero-order valence-corrected chi connectivity index (χ0v) is 19.9. The highest BCUT2D eigenvalue weighted by molar-refractivity contribution is 6.30. The standard InChI is InChI=1S/C23H24ClF3N4O5/c1-29-20-19(21(33)31(29)8-10-34-11-9-32)30(14-15-4-2-5-16(24)12-15)22(28-20)35-17-6-3-7-18(13-17)36-23(25,26)27/h2-7,12-13,22,28,32H,8-11,14H2,1H3. The Balaban J connectivity index is 1.63. The number of nitrogens with one attached hydrogen (secondary N) is 1. The molecule has 0 amide bonds. The summed E-state index contributed by atoms with van der Waals surface area (Å²) < 4.78 is 56.3. The average Bonchev–Trinajstić information content (AvgIpc) is 3.25. The first-order valence-electron chi connectivity index (χ1n) is 10.9. The first kappa shape index (κ1) is 25.7. The maximum atomic E-state index is 13.4. The minimum Gasteiger partial charge on any atom is -0.452 e. The van der Waals surface area contributed by atoms with Crippen LogP contribution in [-0.4, -0.2) is 47.0 Å². The predicted octanol–water partition coefficient (Wildman–Crippen LogP) is 3.54. The fourth-order valence-corrected chi connectivity index (χ4v) is 4.11. The monoisotopic (exact) mass is 528 g/mol. The van der Waals surface area contributed by atoms with E-state index in [-0.39, 0.29) is 44.2 Å². The van der Waals surface area contributed by atoms with Crippen molar-refractivity contribution in [2.24, 2.45) is 7.05 Å². The van der Waals surface area contributed by atoms with E-state index in [1.807, 2.05) is 6.07 Å². The van der Waals surface area contributed by atoms with Crippen LogP contribution in [-0.2, 0) is 24.9 Å². The van der Waals surface area contributed by atoms with E-state index in [9.17, 15) is 18.0 Å². The number of alkyl halides is 3. The van der Waals surface area contributed by atoms with Crippen LogP contribution in [0.5, 0.6) is 11.5 Å². The van der Waals surface area contributed by atoms with Crippen molar-refractivity contribution in [2.75, 3.05) is 30.0 Å². The van der Waals surface area contributed by atoms with Crippen LogP contribution in [0.3, 0.4) is 0 Å². The molecule has 4 rings (SSSR count). The molecule has 0 saturated heterocycles. The summed E-state index contributed by atoms with van der Waals surface area (Å²) in [6, 6.07) is 12.2. The third-order valence-corrected chi connectivity index (χ3v) is 5.62. The Morgan fingerprint density at radius 1 is 1.11 bits per heavy atom. The number of nitrogens with zero attached hydrogens (tertiary/aromatic N) is 3. The largest absolute Gasteiger partial charge is 0.573 e. The van der Waals surface area contributed by atoms with Gasteiger partial charge in [0.2, 0.25) is 0 Å². The van der Waals surface area contributed by atoms with Crippen LogP contribution in [0.2, 0.25) is 5.02 Å². The topological polar surface area (TPSA) is 90.1 Å². The molecular weight excluding hydrogens is 505 g/mol. The highest BCUT2D eigenvalue weighted by atomic mass is 35.5. The lowest BCUT2D eigenvalue weighted by molar-refractivity contribution is -0.274. The van der Waals surface area contributed by atoms with Gasteiger partial charge in [-0.1, -0.05) is 29.8 Å². The molecule has 0 saturated carbocycles. The summed E-state index contributed by atoms with van der Waals surface area (Å²) in [7, 11) is 1.69. The molecule has 2 N–H and O–H groups in total. The number of hydrogen-bond acceptors (Lipinski definition) is 7. The summed E-state index contributed by atoms with van der Waals surface area (Å²) in [5.41, 5.74) is 0.809. The van der Waals surface area contributed by atoms with Gasteiger partial charge in [-0.25, -0.2) is 4.68 Å². The normalized spacial score (nSPS) is 15.1. The van der Waals surface area contributed by atoms with Gasteiger partial charge in [-0.15, -0.1) is 13.2 Å². The van der Waals surface area contributed by atoms with Crippen LogP contribution in [0.4, 0.5) is 24.7 Å². The van der Waals surface area contributed by atoms with Gasteiger partial charge in [0.05, 0.1) is 26.4 Å². The summed E-state index contributed by atoms with van der Waals surface area (Å²) in [4.78, 5) is 15.0. The zero-order chi connectivity index (χ0) is 25.9. The zero-order valence-electron chi connectivity index (χ0n) is 19.2. The van der Waals surface area contributed by atoms with Crippen molar-refractivity contribution in [3.05, 3.63) is 69.5 Å². The van der Waals surface area contributed by atoms with Gasteiger partial charge < -0.3 is 29.5 Å². The van der Waals surface area contributed by atoms with Gasteiger partial charge in [0, 0.05) is 24.7 Å². The first-order valence-corrected chi connectivity index (χ1v) is 11.3. The van der Waals surface area contributed by atoms with E-state index in [0.29, 0.717) is 16.5 Å². The lowest BCUT2D eigenvalue weighted by Gasteiger charge is -2.27. The number of halogens is 4. The Kier molecular flexibility index (Phi) is 7.67. The van der Waals surface area contributed by atoms with Gasteiger partial charge in [0.25, 0.3) is 11.9 Å². The van der Waals surface area contributed by atoms with E-state index in [4.69, 9.17) is 26.2 Å². The smallest absolute Gasteiger partial charge is 0.452 e. The second kappa shape index (κ2) is 10.7. The van der Waals surface area contributed by atoms with Gasteiger partial charge in [0.1, 0.15) is 11.5 Å². The van der Waals surface area contributed by atoms with Crippen molar-refractivity contribution in [3.63, 3.8) is 0 Å². The van der Waals surface area contributed by atoms with Gasteiger partial charge in [0.15, 0.2) is 11.5 Å². The van der Waals surface area contributed by atoms with Crippen molar-refractivity contribution in [1.29, 1.82) is 0 Å². The fourth-order valence-electron chi connectivity index (χ4n) is 3.90. The molecule has 1 aromatic heterocycles. The molecule has 0 bridgehead atoms. The Bertz CT molecular complexity index is 1260. The number of ether oxygens (including phenoxy) is 3. The van der Waals surface area contributed by atoms with Crippen molar-refractivity contribution >= 4 is 23.1 Å². The highest BCUT2D eigenvalue weighted by Crippen LogP contribution is 2.35. The Morgan fingerprint density at radius 3 is 2.58 bits per heavy atom. The van der Waals surface area contributed by atoms with Crippen LogP contribution in [0.15, 0.2) is 53.3 Å². The highest BCUT2D eigenvalue weighted by Gasteiger charge is 2.37. The molecule has 3 aromatic rings. The lowest BCUT2D eigenvalue weighted by Crippen LogP contribution is -2.43. The molecule has 0 fully saturated rings. The molecule has 0 spiro atoms. The van der Waals surface area contributed by atoms with Gasteiger partial charge in [-0.05, 0) is 29.8 Å². The maximum absolute atomic E-state index is 13.4. The van der Waals surface area contributed by atoms with E-state index < -0.39 is 18.5 Å². The van der Waals surface area contributed by atoms with E-state index in [1.54, 1.807) is 34.8 Å².